The zero-order chi connectivity index (χ0) is 14.0. The smallest absolute Gasteiger partial charge is 0.0716 e. The Morgan fingerprint density at radius 1 is 1.10 bits per heavy atom. The lowest BCUT2D eigenvalue weighted by atomic mass is 9.71. The van der Waals surface area contributed by atoms with Crippen molar-refractivity contribution in [1.82, 2.24) is 0 Å². The molecule has 2 aromatic carbocycles. The molecule has 0 amide bonds. The van der Waals surface area contributed by atoms with Crippen molar-refractivity contribution in [2.45, 2.75) is 51.0 Å². The molecule has 2 unspecified atom stereocenters. The summed E-state index contributed by atoms with van der Waals surface area (Å²) in [5.74, 6) is 0.454. The number of hydrogen-bond acceptors (Lipinski definition) is 1. The van der Waals surface area contributed by atoms with Gasteiger partial charge in [-0.05, 0) is 35.1 Å². The molecule has 106 valence electrons. The summed E-state index contributed by atoms with van der Waals surface area (Å²) >= 11 is 0. The van der Waals surface area contributed by atoms with E-state index in [2.05, 4.69) is 49.4 Å². The Labute approximate surface area is 121 Å². The van der Waals surface area contributed by atoms with Crippen molar-refractivity contribution in [3.8, 4) is 0 Å². The second kappa shape index (κ2) is 5.57. The summed E-state index contributed by atoms with van der Waals surface area (Å²) in [4.78, 5) is 0. The molecule has 20 heavy (non-hydrogen) atoms. The monoisotopic (exact) mass is 268 g/mol. The van der Waals surface area contributed by atoms with Crippen molar-refractivity contribution in [1.29, 1.82) is 0 Å². The molecule has 0 aromatic heterocycles. The average molecular weight is 268 g/mol. The Hall–Kier alpha value is -1.34. The highest BCUT2D eigenvalue weighted by atomic mass is 16.3. The summed E-state index contributed by atoms with van der Waals surface area (Å²) < 4.78 is 0. The fourth-order valence-electron chi connectivity index (χ4n) is 3.89. The number of benzene rings is 2. The van der Waals surface area contributed by atoms with Gasteiger partial charge in [-0.25, -0.2) is 0 Å². The van der Waals surface area contributed by atoms with Crippen LogP contribution in [-0.4, -0.2) is 10.7 Å². The fraction of sp³-hybridized carbons (Fsp3) is 0.474. The van der Waals surface area contributed by atoms with Crippen LogP contribution >= 0.6 is 0 Å². The highest BCUT2D eigenvalue weighted by Gasteiger charge is 2.37. The standard InChI is InChI=1S/C19H24O/c1-2-17-11-5-6-13-19(17,20)14-16-10-7-9-15-8-3-4-12-18(15)16/h3-4,7-10,12,17,20H,2,5-6,11,13-14H2,1H3. The van der Waals surface area contributed by atoms with Crippen molar-refractivity contribution in [2.24, 2.45) is 5.92 Å². The topological polar surface area (TPSA) is 20.2 Å². The second-order valence-corrected chi connectivity index (χ2v) is 6.27. The highest BCUT2D eigenvalue weighted by molar-refractivity contribution is 5.85. The molecule has 2 aromatic rings. The Morgan fingerprint density at radius 2 is 1.90 bits per heavy atom. The van der Waals surface area contributed by atoms with Crippen LogP contribution in [0, 0.1) is 5.92 Å². The van der Waals surface area contributed by atoms with E-state index in [1.807, 2.05) is 0 Å². The third-order valence-electron chi connectivity index (χ3n) is 5.04. The first kappa shape index (κ1) is 13.6. The zero-order valence-corrected chi connectivity index (χ0v) is 12.3. The molecule has 1 fully saturated rings. The van der Waals surface area contributed by atoms with E-state index in [9.17, 15) is 5.11 Å². The Balaban J connectivity index is 1.95. The molecule has 3 rings (SSSR count). The third-order valence-corrected chi connectivity index (χ3v) is 5.04. The molecule has 1 N–H and O–H groups in total. The van der Waals surface area contributed by atoms with Crippen LogP contribution in [0.25, 0.3) is 10.8 Å². The van der Waals surface area contributed by atoms with Gasteiger partial charge in [0.15, 0.2) is 0 Å². The predicted molar refractivity (Wildman–Crippen MR) is 84.9 cm³/mol. The molecule has 1 aliphatic rings. The van der Waals surface area contributed by atoms with Gasteiger partial charge in [0.2, 0.25) is 0 Å². The Bertz CT molecular complexity index is 584. The molecular weight excluding hydrogens is 244 g/mol. The lowest BCUT2D eigenvalue weighted by Gasteiger charge is -2.40. The molecule has 0 aliphatic heterocycles. The third kappa shape index (κ3) is 2.47. The molecule has 2 atom stereocenters. The normalized spacial score (nSPS) is 26.8. The Kier molecular flexibility index (Phi) is 3.80. The van der Waals surface area contributed by atoms with Gasteiger partial charge in [-0.2, -0.15) is 0 Å². The molecule has 0 spiro atoms. The quantitative estimate of drug-likeness (QED) is 0.854. The lowest BCUT2D eigenvalue weighted by Crippen LogP contribution is -2.42. The molecule has 1 aliphatic carbocycles. The average Bonchev–Trinajstić information content (AvgIpc) is 2.48. The van der Waals surface area contributed by atoms with E-state index < -0.39 is 5.60 Å². The van der Waals surface area contributed by atoms with Crippen LogP contribution in [0.1, 0.15) is 44.6 Å². The second-order valence-electron chi connectivity index (χ2n) is 6.27. The summed E-state index contributed by atoms with van der Waals surface area (Å²) in [6.45, 7) is 2.21. The van der Waals surface area contributed by atoms with Crippen molar-refractivity contribution in [3.63, 3.8) is 0 Å². The molecule has 1 saturated carbocycles. The number of aliphatic hydroxyl groups is 1. The largest absolute Gasteiger partial charge is 0.389 e. The number of hydrogen-bond donors (Lipinski definition) is 1. The predicted octanol–water partition coefficient (Wildman–Crippen LogP) is 4.71. The first-order valence-electron chi connectivity index (χ1n) is 7.92. The van der Waals surface area contributed by atoms with E-state index in [1.165, 1.54) is 29.2 Å². The van der Waals surface area contributed by atoms with Gasteiger partial charge in [0, 0.05) is 6.42 Å². The van der Waals surface area contributed by atoms with Gasteiger partial charge in [0.1, 0.15) is 0 Å². The molecule has 0 saturated heterocycles. The van der Waals surface area contributed by atoms with Crippen LogP contribution in [0.15, 0.2) is 42.5 Å². The maximum absolute atomic E-state index is 11.1. The minimum atomic E-state index is -0.503. The number of fused-ring (bicyclic) bond motifs is 1. The molecule has 0 heterocycles. The van der Waals surface area contributed by atoms with Gasteiger partial charge in [0.05, 0.1) is 5.60 Å². The highest BCUT2D eigenvalue weighted by Crippen LogP contribution is 2.39. The van der Waals surface area contributed by atoms with Crippen LogP contribution in [-0.2, 0) is 6.42 Å². The minimum Gasteiger partial charge on any atom is -0.389 e. The first-order chi connectivity index (χ1) is 9.73. The van der Waals surface area contributed by atoms with Crippen LogP contribution in [0.2, 0.25) is 0 Å². The first-order valence-corrected chi connectivity index (χ1v) is 7.92. The number of rotatable bonds is 3. The van der Waals surface area contributed by atoms with Gasteiger partial charge < -0.3 is 5.11 Å². The van der Waals surface area contributed by atoms with Gasteiger partial charge in [-0.15, -0.1) is 0 Å². The van der Waals surface area contributed by atoms with Gasteiger partial charge >= 0.3 is 0 Å². The minimum absolute atomic E-state index is 0.454. The summed E-state index contributed by atoms with van der Waals surface area (Å²) in [5, 5.41) is 13.7. The van der Waals surface area contributed by atoms with Crippen LogP contribution < -0.4 is 0 Å². The van der Waals surface area contributed by atoms with Crippen molar-refractivity contribution < 1.29 is 5.11 Å². The van der Waals surface area contributed by atoms with Gasteiger partial charge in [-0.1, -0.05) is 68.7 Å². The van der Waals surface area contributed by atoms with Crippen molar-refractivity contribution >= 4 is 10.8 Å². The van der Waals surface area contributed by atoms with Gasteiger partial charge in [0.25, 0.3) is 0 Å². The van der Waals surface area contributed by atoms with Crippen LogP contribution in [0.5, 0.6) is 0 Å². The lowest BCUT2D eigenvalue weighted by molar-refractivity contribution is -0.0488. The summed E-state index contributed by atoms with van der Waals surface area (Å²) in [5.41, 5.74) is 0.794. The van der Waals surface area contributed by atoms with E-state index >= 15 is 0 Å². The fourth-order valence-corrected chi connectivity index (χ4v) is 3.89. The van der Waals surface area contributed by atoms with E-state index in [1.54, 1.807) is 0 Å². The van der Waals surface area contributed by atoms with Crippen molar-refractivity contribution in [3.05, 3.63) is 48.0 Å². The SMILES string of the molecule is CCC1CCCCC1(O)Cc1cccc2ccccc12. The zero-order valence-electron chi connectivity index (χ0n) is 12.3. The molecule has 1 nitrogen and oxygen atoms in total. The maximum atomic E-state index is 11.1. The summed E-state index contributed by atoms with van der Waals surface area (Å²) in [6.07, 6.45) is 6.45. The molecular formula is C19H24O. The van der Waals surface area contributed by atoms with Crippen LogP contribution in [0.3, 0.4) is 0 Å². The summed E-state index contributed by atoms with van der Waals surface area (Å²) in [6, 6.07) is 15.0. The van der Waals surface area contributed by atoms with Gasteiger partial charge in [-0.3, -0.25) is 0 Å². The molecule has 1 heteroatoms. The summed E-state index contributed by atoms with van der Waals surface area (Å²) in [7, 11) is 0. The van der Waals surface area contributed by atoms with E-state index in [4.69, 9.17) is 0 Å². The van der Waals surface area contributed by atoms with Crippen LogP contribution in [0.4, 0.5) is 0 Å². The van der Waals surface area contributed by atoms with E-state index in [-0.39, 0.29) is 0 Å². The Morgan fingerprint density at radius 3 is 2.75 bits per heavy atom. The van der Waals surface area contributed by atoms with E-state index in [0.29, 0.717) is 5.92 Å². The molecule has 0 radical (unpaired) electrons. The van der Waals surface area contributed by atoms with E-state index in [0.717, 1.165) is 25.7 Å². The van der Waals surface area contributed by atoms with Crippen molar-refractivity contribution in [2.75, 3.05) is 0 Å². The maximum Gasteiger partial charge on any atom is 0.0716 e. The molecule has 0 bridgehead atoms.